The molecule has 1 N–H and O–H groups in total. The highest BCUT2D eigenvalue weighted by molar-refractivity contribution is 9.10. The van der Waals surface area contributed by atoms with Gasteiger partial charge < -0.3 is 15.0 Å². The van der Waals surface area contributed by atoms with Crippen LogP contribution in [-0.2, 0) is 22.6 Å². The zero-order chi connectivity index (χ0) is 24.3. The Kier molecular flexibility index (Phi) is 9.71. The molecule has 0 saturated carbocycles. The van der Waals surface area contributed by atoms with Gasteiger partial charge in [-0.1, -0.05) is 83.5 Å². The van der Waals surface area contributed by atoms with Crippen molar-refractivity contribution in [3.05, 3.63) is 100 Å². The molecule has 3 aromatic carbocycles. The summed E-state index contributed by atoms with van der Waals surface area (Å²) in [5, 5.41) is 2.99. The van der Waals surface area contributed by atoms with Crippen LogP contribution in [0.5, 0.6) is 5.75 Å². The minimum absolute atomic E-state index is 0.148. The Bertz CT molecular complexity index is 1090. The van der Waals surface area contributed by atoms with Crippen LogP contribution in [-0.4, -0.2) is 35.9 Å². The molecule has 3 aromatic rings. The molecule has 0 aliphatic heterocycles. The van der Waals surface area contributed by atoms with Gasteiger partial charge in [0.15, 0.2) is 6.61 Å². The minimum atomic E-state index is -0.666. The molecule has 0 aliphatic carbocycles. The van der Waals surface area contributed by atoms with Crippen LogP contribution in [0.15, 0.2) is 83.3 Å². The van der Waals surface area contributed by atoms with E-state index < -0.39 is 6.04 Å². The SMILES string of the molecule is CCCNC(=O)[C@@H](Cc1ccccc1)N(Cc1cccc(Br)c1)C(=O)COc1ccccc1C. The summed E-state index contributed by atoms with van der Waals surface area (Å²) in [5.41, 5.74) is 2.88. The lowest BCUT2D eigenvalue weighted by Gasteiger charge is -2.31. The van der Waals surface area contributed by atoms with Crippen LogP contribution in [0, 0.1) is 6.92 Å². The smallest absolute Gasteiger partial charge is 0.261 e. The number of hydrogen-bond donors (Lipinski definition) is 1. The molecule has 0 aliphatic rings. The summed E-state index contributed by atoms with van der Waals surface area (Å²) in [6.45, 7) is 4.66. The number of amides is 2. The Balaban J connectivity index is 1.90. The Morgan fingerprint density at radius 2 is 1.68 bits per heavy atom. The van der Waals surface area contributed by atoms with Crippen LogP contribution >= 0.6 is 15.9 Å². The third kappa shape index (κ3) is 7.45. The van der Waals surface area contributed by atoms with E-state index in [2.05, 4.69) is 21.2 Å². The Labute approximate surface area is 210 Å². The van der Waals surface area contributed by atoms with Crippen LogP contribution < -0.4 is 10.1 Å². The highest BCUT2D eigenvalue weighted by atomic mass is 79.9. The van der Waals surface area contributed by atoms with E-state index in [1.54, 1.807) is 4.90 Å². The van der Waals surface area contributed by atoms with Gasteiger partial charge in [-0.2, -0.15) is 0 Å². The van der Waals surface area contributed by atoms with Crippen LogP contribution in [0.2, 0.25) is 0 Å². The fraction of sp³-hybridized carbons (Fsp3) is 0.286. The first-order valence-electron chi connectivity index (χ1n) is 11.5. The molecule has 0 aromatic heterocycles. The van der Waals surface area contributed by atoms with Crippen molar-refractivity contribution in [2.45, 2.75) is 39.3 Å². The molecule has 0 fully saturated rings. The summed E-state index contributed by atoms with van der Waals surface area (Å²) in [5.74, 6) is 0.258. The maximum atomic E-state index is 13.5. The number of aryl methyl sites for hydroxylation is 1. The molecule has 0 heterocycles. The van der Waals surface area contributed by atoms with E-state index >= 15 is 0 Å². The van der Waals surface area contributed by atoms with E-state index in [-0.39, 0.29) is 18.4 Å². The van der Waals surface area contributed by atoms with E-state index in [1.165, 1.54) is 0 Å². The van der Waals surface area contributed by atoms with Gasteiger partial charge in [0.25, 0.3) is 5.91 Å². The first kappa shape index (κ1) is 25.5. The molecule has 2 amide bonds. The van der Waals surface area contributed by atoms with E-state index in [0.717, 1.165) is 27.6 Å². The Morgan fingerprint density at radius 1 is 0.971 bits per heavy atom. The summed E-state index contributed by atoms with van der Waals surface area (Å²) in [6.07, 6.45) is 1.24. The normalized spacial score (nSPS) is 11.5. The van der Waals surface area contributed by atoms with Gasteiger partial charge in [0.2, 0.25) is 5.91 Å². The molecule has 178 valence electrons. The van der Waals surface area contributed by atoms with E-state index in [1.807, 2.05) is 92.7 Å². The lowest BCUT2D eigenvalue weighted by Crippen LogP contribution is -2.51. The van der Waals surface area contributed by atoms with Crippen LogP contribution in [0.4, 0.5) is 0 Å². The average molecular weight is 523 g/mol. The molecular formula is C28H31BrN2O3. The topological polar surface area (TPSA) is 58.6 Å². The molecule has 0 spiro atoms. The predicted octanol–water partition coefficient (Wildman–Crippen LogP) is 5.30. The highest BCUT2D eigenvalue weighted by Crippen LogP contribution is 2.20. The Hall–Kier alpha value is -3.12. The number of hydrogen-bond acceptors (Lipinski definition) is 3. The van der Waals surface area contributed by atoms with Crippen molar-refractivity contribution >= 4 is 27.7 Å². The average Bonchev–Trinajstić information content (AvgIpc) is 2.84. The van der Waals surface area contributed by atoms with Gasteiger partial charge in [0.05, 0.1) is 0 Å². The fourth-order valence-electron chi connectivity index (χ4n) is 3.69. The lowest BCUT2D eigenvalue weighted by atomic mass is 10.0. The molecule has 34 heavy (non-hydrogen) atoms. The second-order valence-electron chi connectivity index (χ2n) is 8.20. The van der Waals surface area contributed by atoms with Gasteiger partial charge >= 0.3 is 0 Å². The third-order valence-corrected chi connectivity index (χ3v) is 6.00. The second-order valence-corrected chi connectivity index (χ2v) is 9.12. The third-order valence-electron chi connectivity index (χ3n) is 5.51. The maximum Gasteiger partial charge on any atom is 0.261 e. The molecule has 0 radical (unpaired) electrons. The molecule has 0 unspecified atom stereocenters. The summed E-state index contributed by atoms with van der Waals surface area (Å²) >= 11 is 3.50. The summed E-state index contributed by atoms with van der Waals surface area (Å²) in [4.78, 5) is 28.5. The largest absolute Gasteiger partial charge is 0.484 e. The van der Waals surface area contributed by atoms with Crippen LogP contribution in [0.25, 0.3) is 0 Å². The molecule has 0 bridgehead atoms. The van der Waals surface area contributed by atoms with Crippen LogP contribution in [0.3, 0.4) is 0 Å². The number of ether oxygens (including phenoxy) is 1. The number of carbonyl (C=O) groups is 2. The van der Waals surface area contributed by atoms with E-state index in [4.69, 9.17) is 4.74 Å². The van der Waals surface area contributed by atoms with Gasteiger partial charge in [-0.15, -0.1) is 0 Å². The van der Waals surface area contributed by atoms with Crippen LogP contribution in [0.1, 0.15) is 30.0 Å². The number of nitrogens with zero attached hydrogens (tertiary/aromatic N) is 1. The van der Waals surface area contributed by atoms with Crippen molar-refractivity contribution in [1.29, 1.82) is 0 Å². The first-order valence-corrected chi connectivity index (χ1v) is 12.3. The highest BCUT2D eigenvalue weighted by Gasteiger charge is 2.30. The summed E-state index contributed by atoms with van der Waals surface area (Å²) in [7, 11) is 0. The Morgan fingerprint density at radius 3 is 2.38 bits per heavy atom. The number of para-hydroxylation sites is 1. The van der Waals surface area contributed by atoms with Gasteiger partial charge in [0.1, 0.15) is 11.8 Å². The van der Waals surface area contributed by atoms with Crippen molar-refractivity contribution in [3.63, 3.8) is 0 Å². The van der Waals surface area contributed by atoms with Gasteiger partial charge in [-0.3, -0.25) is 9.59 Å². The molecule has 1 atom stereocenters. The monoisotopic (exact) mass is 522 g/mol. The van der Waals surface area contributed by atoms with Crippen molar-refractivity contribution in [2.75, 3.05) is 13.2 Å². The van der Waals surface area contributed by atoms with E-state index in [9.17, 15) is 9.59 Å². The van der Waals surface area contributed by atoms with E-state index in [0.29, 0.717) is 25.3 Å². The van der Waals surface area contributed by atoms with Crippen molar-refractivity contribution < 1.29 is 14.3 Å². The second kappa shape index (κ2) is 12.9. The molecule has 6 heteroatoms. The number of nitrogens with one attached hydrogen (secondary N) is 1. The maximum absolute atomic E-state index is 13.5. The minimum Gasteiger partial charge on any atom is -0.484 e. The number of halogens is 1. The summed E-state index contributed by atoms with van der Waals surface area (Å²) in [6, 6.07) is 24.5. The van der Waals surface area contributed by atoms with Gasteiger partial charge in [0, 0.05) is 24.0 Å². The fourth-order valence-corrected chi connectivity index (χ4v) is 4.14. The predicted molar refractivity (Wildman–Crippen MR) is 139 cm³/mol. The quantitative estimate of drug-likeness (QED) is 0.371. The van der Waals surface area contributed by atoms with Gasteiger partial charge in [-0.25, -0.2) is 0 Å². The standard InChI is InChI=1S/C28H31BrN2O3/c1-3-16-30-28(33)25(18-22-11-5-4-6-12-22)31(19-23-13-9-14-24(29)17-23)27(32)20-34-26-15-8-7-10-21(26)2/h4-15,17,25H,3,16,18-20H2,1-2H3,(H,30,33)/t25-/m1/s1. The zero-order valence-electron chi connectivity index (χ0n) is 19.7. The van der Waals surface area contributed by atoms with Crippen molar-refractivity contribution in [2.24, 2.45) is 0 Å². The number of benzene rings is 3. The number of rotatable bonds is 11. The van der Waals surface area contributed by atoms with Gasteiger partial charge in [-0.05, 0) is 48.2 Å². The zero-order valence-corrected chi connectivity index (χ0v) is 21.3. The van der Waals surface area contributed by atoms with Crippen molar-refractivity contribution in [3.8, 4) is 5.75 Å². The molecule has 0 saturated heterocycles. The first-order chi connectivity index (χ1) is 16.5. The molecule has 5 nitrogen and oxygen atoms in total. The molecular weight excluding hydrogens is 492 g/mol. The summed E-state index contributed by atoms with van der Waals surface area (Å²) < 4.78 is 6.79. The number of carbonyl (C=O) groups excluding carboxylic acids is 2. The molecule has 3 rings (SSSR count). The lowest BCUT2D eigenvalue weighted by molar-refractivity contribution is -0.142. The van der Waals surface area contributed by atoms with Crippen molar-refractivity contribution in [1.82, 2.24) is 10.2 Å².